The molecule has 5 nitrogen and oxygen atoms in total. The van der Waals surface area contributed by atoms with Gasteiger partial charge in [-0.3, -0.25) is 10.6 Å². The van der Waals surface area contributed by atoms with Crippen LogP contribution in [0, 0.1) is 0 Å². The summed E-state index contributed by atoms with van der Waals surface area (Å²) in [6.07, 6.45) is -0.573. The van der Waals surface area contributed by atoms with Crippen molar-refractivity contribution in [2.45, 2.75) is 30.3 Å². The van der Waals surface area contributed by atoms with E-state index in [0.29, 0.717) is 10.9 Å². The third-order valence-electron chi connectivity index (χ3n) is 2.82. The van der Waals surface area contributed by atoms with Crippen LogP contribution >= 0.6 is 12.6 Å². The van der Waals surface area contributed by atoms with Crippen LogP contribution < -0.4 is 10.6 Å². The Hall–Kier alpha value is 0.150. The standard InChI is InChI=1S/C9H21N3O2S/c1-12(2,3)7(8(13)14)4-6-5-10-9(15)11-6/h6-11,13-14H,4-5H2,1-3H3/p+1. The SMILES string of the molecule is C[N+](C)(C)C(CC1CNC(S)N1)C(O)O. The highest BCUT2D eigenvalue weighted by Crippen LogP contribution is 2.15. The van der Waals surface area contributed by atoms with Gasteiger partial charge in [-0.25, -0.2) is 0 Å². The highest BCUT2D eigenvalue weighted by molar-refractivity contribution is 7.80. The highest BCUT2D eigenvalue weighted by Gasteiger charge is 2.34. The normalized spacial score (nSPS) is 29.8. The van der Waals surface area contributed by atoms with Crippen LogP contribution in [0.1, 0.15) is 6.42 Å². The van der Waals surface area contributed by atoms with Crippen LogP contribution in [0.3, 0.4) is 0 Å². The van der Waals surface area contributed by atoms with Crippen LogP contribution in [0.2, 0.25) is 0 Å². The molecule has 3 atom stereocenters. The number of hydrogen-bond acceptors (Lipinski definition) is 5. The Morgan fingerprint density at radius 1 is 1.40 bits per heavy atom. The average molecular weight is 236 g/mol. The number of nitrogens with one attached hydrogen (secondary N) is 2. The van der Waals surface area contributed by atoms with E-state index in [2.05, 4.69) is 23.3 Å². The molecule has 0 radical (unpaired) electrons. The van der Waals surface area contributed by atoms with Gasteiger partial charge in [-0.1, -0.05) is 0 Å². The average Bonchev–Trinajstić information content (AvgIpc) is 2.44. The Morgan fingerprint density at radius 2 is 2.00 bits per heavy atom. The van der Waals surface area contributed by atoms with Crippen molar-refractivity contribution in [3.05, 3.63) is 0 Å². The molecule has 0 bridgehead atoms. The number of aliphatic hydroxyl groups excluding tert-OH is 1. The molecule has 1 rings (SSSR count). The van der Waals surface area contributed by atoms with E-state index in [1.807, 2.05) is 21.1 Å². The van der Waals surface area contributed by atoms with Crippen molar-refractivity contribution in [3.63, 3.8) is 0 Å². The maximum Gasteiger partial charge on any atom is 0.205 e. The molecule has 0 amide bonds. The molecule has 3 unspecified atom stereocenters. The molecule has 4 N–H and O–H groups in total. The molecule has 15 heavy (non-hydrogen) atoms. The maximum absolute atomic E-state index is 9.35. The lowest BCUT2D eigenvalue weighted by atomic mass is 10.0. The molecule has 0 aromatic carbocycles. The van der Waals surface area contributed by atoms with Gasteiger partial charge in [-0.15, -0.1) is 12.6 Å². The van der Waals surface area contributed by atoms with Gasteiger partial charge in [0.2, 0.25) is 6.29 Å². The molecule has 0 aliphatic carbocycles. The van der Waals surface area contributed by atoms with E-state index < -0.39 is 6.29 Å². The minimum atomic E-state index is -1.29. The number of rotatable bonds is 4. The van der Waals surface area contributed by atoms with Crippen LogP contribution in [0.15, 0.2) is 0 Å². The van der Waals surface area contributed by atoms with Gasteiger partial charge in [-0.2, -0.15) is 0 Å². The summed E-state index contributed by atoms with van der Waals surface area (Å²) in [5.41, 5.74) is 0.0129. The number of quaternary nitrogens is 1. The molecular formula is C9H22N3O2S+. The van der Waals surface area contributed by atoms with E-state index in [0.717, 1.165) is 6.54 Å². The van der Waals surface area contributed by atoms with Crippen molar-refractivity contribution < 1.29 is 14.7 Å². The quantitative estimate of drug-likeness (QED) is 0.235. The molecule has 0 aromatic heterocycles. The third-order valence-corrected chi connectivity index (χ3v) is 3.15. The zero-order valence-corrected chi connectivity index (χ0v) is 10.4. The van der Waals surface area contributed by atoms with Crippen molar-refractivity contribution in [2.75, 3.05) is 27.7 Å². The third kappa shape index (κ3) is 3.90. The molecule has 1 heterocycles. The summed E-state index contributed by atoms with van der Waals surface area (Å²) in [7, 11) is 5.89. The van der Waals surface area contributed by atoms with E-state index in [1.165, 1.54) is 0 Å². The Labute approximate surface area is 96.5 Å². The summed E-state index contributed by atoms with van der Waals surface area (Å²) < 4.78 is 0.535. The maximum atomic E-state index is 9.35. The topological polar surface area (TPSA) is 64.5 Å². The lowest BCUT2D eigenvalue weighted by Crippen LogP contribution is -2.54. The monoisotopic (exact) mass is 236 g/mol. The summed E-state index contributed by atoms with van der Waals surface area (Å²) in [6, 6.07) is 0.0552. The first kappa shape index (κ1) is 13.2. The number of hydrogen-bond donors (Lipinski definition) is 5. The lowest BCUT2D eigenvalue weighted by Gasteiger charge is -2.36. The van der Waals surface area contributed by atoms with Crippen molar-refractivity contribution in [3.8, 4) is 0 Å². The summed E-state index contributed by atoms with van der Waals surface area (Å²) in [4.78, 5) is 0. The van der Waals surface area contributed by atoms with Crippen LogP contribution in [-0.4, -0.2) is 66.3 Å². The largest absolute Gasteiger partial charge is 0.363 e. The second-order valence-electron chi connectivity index (χ2n) is 5.01. The smallest absolute Gasteiger partial charge is 0.205 e. The van der Waals surface area contributed by atoms with Gasteiger partial charge in [0, 0.05) is 19.0 Å². The summed E-state index contributed by atoms with van der Waals surface area (Å²) in [6.45, 7) is 0.817. The van der Waals surface area contributed by atoms with Gasteiger partial charge >= 0.3 is 0 Å². The van der Waals surface area contributed by atoms with Crippen LogP contribution in [0.25, 0.3) is 0 Å². The molecule has 1 saturated heterocycles. The van der Waals surface area contributed by atoms with E-state index in [4.69, 9.17) is 0 Å². The Kier molecular flexibility index (Phi) is 4.39. The molecule has 6 heteroatoms. The Bertz CT molecular complexity index is 208. The Morgan fingerprint density at radius 3 is 2.33 bits per heavy atom. The predicted octanol–water partition coefficient (Wildman–Crippen LogP) is -1.46. The van der Waals surface area contributed by atoms with Crippen LogP contribution in [0.5, 0.6) is 0 Å². The van der Waals surface area contributed by atoms with Gasteiger partial charge in [0.25, 0.3) is 0 Å². The molecule has 0 spiro atoms. The first-order valence-corrected chi connectivity index (χ1v) is 5.67. The van der Waals surface area contributed by atoms with E-state index in [-0.39, 0.29) is 17.6 Å². The number of aliphatic hydroxyl groups is 2. The van der Waals surface area contributed by atoms with Gasteiger partial charge in [0.05, 0.1) is 21.1 Å². The highest BCUT2D eigenvalue weighted by atomic mass is 32.1. The van der Waals surface area contributed by atoms with Gasteiger partial charge in [0.1, 0.15) is 11.5 Å². The first-order chi connectivity index (χ1) is 6.80. The molecule has 1 fully saturated rings. The molecule has 0 saturated carbocycles. The van der Waals surface area contributed by atoms with Crippen molar-refractivity contribution >= 4 is 12.6 Å². The van der Waals surface area contributed by atoms with Crippen molar-refractivity contribution in [1.29, 1.82) is 0 Å². The summed E-state index contributed by atoms with van der Waals surface area (Å²) in [5, 5.41) is 25.1. The molecule has 0 aromatic rings. The summed E-state index contributed by atoms with van der Waals surface area (Å²) >= 11 is 4.25. The minimum Gasteiger partial charge on any atom is -0.363 e. The Balaban J connectivity index is 2.52. The second kappa shape index (κ2) is 4.99. The van der Waals surface area contributed by atoms with E-state index in [1.54, 1.807) is 0 Å². The summed E-state index contributed by atoms with van der Waals surface area (Å²) in [5.74, 6) is 0. The number of likely N-dealkylation sites (N-methyl/N-ethyl adjacent to an activating group) is 1. The van der Waals surface area contributed by atoms with E-state index in [9.17, 15) is 10.2 Å². The fourth-order valence-electron chi connectivity index (χ4n) is 1.88. The van der Waals surface area contributed by atoms with E-state index >= 15 is 0 Å². The molecule has 1 aliphatic rings. The van der Waals surface area contributed by atoms with Gasteiger partial charge < -0.3 is 14.7 Å². The fourth-order valence-corrected chi connectivity index (χ4v) is 2.19. The van der Waals surface area contributed by atoms with Crippen molar-refractivity contribution in [2.24, 2.45) is 0 Å². The molecular weight excluding hydrogens is 214 g/mol. The van der Waals surface area contributed by atoms with Crippen LogP contribution in [-0.2, 0) is 0 Å². The molecule has 1 aliphatic heterocycles. The van der Waals surface area contributed by atoms with Gasteiger partial charge in [-0.05, 0) is 0 Å². The van der Waals surface area contributed by atoms with Gasteiger partial charge in [0.15, 0.2) is 0 Å². The second-order valence-corrected chi connectivity index (χ2v) is 5.52. The number of nitrogens with zero attached hydrogens (tertiary/aromatic N) is 1. The molecule has 90 valence electrons. The predicted molar refractivity (Wildman–Crippen MR) is 62.4 cm³/mol. The first-order valence-electron chi connectivity index (χ1n) is 5.15. The minimum absolute atomic E-state index is 0.0129. The van der Waals surface area contributed by atoms with Crippen LogP contribution in [0.4, 0.5) is 0 Å². The van der Waals surface area contributed by atoms with Crippen molar-refractivity contribution in [1.82, 2.24) is 10.6 Å². The fraction of sp³-hybridized carbons (Fsp3) is 1.00. The lowest BCUT2D eigenvalue weighted by molar-refractivity contribution is -0.903. The zero-order valence-electron chi connectivity index (χ0n) is 9.51. The zero-order chi connectivity index (χ0) is 11.6. The number of thiol groups is 1.